The summed E-state index contributed by atoms with van der Waals surface area (Å²) in [6.07, 6.45) is 2.20. The molecular weight excluding hydrogens is 292 g/mol. The first-order valence-electron chi connectivity index (χ1n) is 6.47. The quantitative estimate of drug-likeness (QED) is 0.928. The number of hydrogen-bond acceptors (Lipinski definition) is 3. The van der Waals surface area contributed by atoms with Gasteiger partial charge in [-0.15, -0.1) is 0 Å². The molecule has 0 saturated carbocycles. The largest absolute Gasteiger partial charge is 0.381 e. The third-order valence-corrected chi connectivity index (χ3v) is 4.21. The lowest BCUT2D eigenvalue weighted by molar-refractivity contribution is 0.0294. The molecule has 1 fully saturated rings. The predicted molar refractivity (Wildman–Crippen MR) is 77.5 cm³/mol. The van der Waals surface area contributed by atoms with Gasteiger partial charge in [0.1, 0.15) is 0 Å². The molecule has 2 rings (SSSR count). The first kappa shape index (κ1) is 14.0. The van der Waals surface area contributed by atoms with Gasteiger partial charge in [0.2, 0.25) is 0 Å². The van der Waals surface area contributed by atoms with Crippen LogP contribution in [0.1, 0.15) is 24.4 Å². The average molecular weight is 313 g/mol. The maximum absolute atomic E-state index is 5.97. The molecule has 2 N–H and O–H groups in total. The molecule has 1 aliphatic heterocycles. The second-order valence-electron chi connectivity index (χ2n) is 4.82. The Morgan fingerprint density at radius 1 is 1.44 bits per heavy atom. The molecule has 100 valence electrons. The molecule has 0 aromatic heterocycles. The van der Waals surface area contributed by atoms with Crippen LogP contribution >= 0.6 is 15.9 Å². The Morgan fingerprint density at radius 3 is 2.78 bits per heavy atom. The van der Waals surface area contributed by atoms with Crippen molar-refractivity contribution in [3.05, 3.63) is 34.3 Å². The number of benzene rings is 1. The molecular formula is C14H21BrN2O. The van der Waals surface area contributed by atoms with Crippen LogP contribution in [0.15, 0.2) is 28.7 Å². The molecule has 1 aliphatic rings. The summed E-state index contributed by atoms with van der Waals surface area (Å²) in [4.78, 5) is 2.41. The van der Waals surface area contributed by atoms with Crippen LogP contribution in [-0.2, 0) is 4.74 Å². The zero-order valence-corrected chi connectivity index (χ0v) is 12.4. The average Bonchev–Trinajstić information content (AvgIpc) is 2.40. The van der Waals surface area contributed by atoms with Gasteiger partial charge < -0.3 is 10.5 Å². The normalized spacial score (nSPS) is 19.1. The Bertz CT molecular complexity index is 380. The highest BCUT2D eigenvalue weighted by atomic mass is 79.9. The van der Waals surface area contributed by atoms with E-state index >= 15 is 0 Å². The number of likely N-dealkylation sites (N-methyl/N-ethyl adjacent to an activating group) is 1. The third kappa shape index (κ3) is 3.32. The molecule has 18 heavy (non-hydrogen) atoms. The Labute approximate surface area is 117 Å². The van der Waals surface area contributed by atoms with Crippen LogP contribution < -0.4 is 5.73 Å². The molecule has 4 heteroatoms. The molecule has 1 saturated heterocycles. The standard InChI is InChI=1S/C14H21BrN2O/c1-17(13-5-7-18-8-6-13)14(10-16)11-3-2-4-12(15)9-11/h2-4,9,13-14H,5-8,10,16H2,1H3. The number of rotatable bonds is 4. The summed E-state index contributed by atoms with van der Waals surface area (Å²) in [5, 5.41) is 0. The fourth-order valence-electron chi connectivity index (χ4n) is 2.60. The van der Waals surface area contributed by atoms with Gasteiger partial charge in [0, 0.05) is 36.3 Å². The topological polar surface area (TPSA) is 38.5 Å². The molecule has 1 unspecified atom stereocenters. The lowest BCUT2D eigenvalue weighted by Gasteiger charge is -2.37. The van der Waals surface area contributed by atoms with E-state index in [1.54, 1.807) is 0 Å². The second kappa shape index (κ2) is 6.66. The Hall–Kier alpha value is -0.420. The van der Waals surface area contributed by atoms with Crippen molar-refractivity contribution in [1.82, 2.24) is 4.90 Å². The smallest absolute Gasteiger partial charge is 0.0480 e. The fraction of sp³-hybridized carbons (Fsp3) is 0.571. The molecule has 1 atom stereocenters. The maximum Gasteiger partial charge on any atom is 0.0480 e. The van der Waals surface area contributed by atoms with E-state index in [9.17, 15) is 0 Å². The highest BCUT2D eigenvalue weighted by Gasteiger charge is 2.25. The lowest BCUT2D eigenvalue weighted by atomic mass is 10.0. The van der Waals surface area contributed by atoms with Crippen LogP contribution in [0.2, 0.25) is 0 Å². The SMILES string of the molecule is CN(C1CCOCC1)C(CN)c1cccc(Br)c1. The van der Waals surface area contributed by atoms with Gasteiger partial charge in [0.15, 0.2) is 0 Å². The summed E-state index contributed by atoms with van der Waals surface area (Å²) in [7, 11) is 2.18. The van der Waals surface area contributed by atoms with Crippen molar-refractivity contribution in [2.75, 3.05) is 26.8 Å². The van der Waals surface area contributed by atoms with E-state index in [0.29, 0.717) is 12.6 Å². The lowest BCUT2D eigenvalue weighted by Crippen LogP contribution is -2.41. The van der Waals surface area contributed by atoms with E-state index in [2.05, 4.69) is 46.1 Å². The third-order valence-electron chi connectivity index (χ3n) is 3.72. The minimum absolute atomic E-state index is 0.283. The van der Waals surface area contributed by atoms with E-state index in [4.69, 9.17) is 10.5 Å². The summed E-state index contributed by atoms with van der Waals surface area (Å²) in [5.41, 5.74) is 7.25. The zero-order chi connectivity index (χ0) is 13.0. The monoisotopic (exact) mass is 312 g/mol. The van der Waals surface area contributed by atoms with Crippen LogP contribution in [0, 0.1) is 0 Å². The summed E-state index contributed by atoms with van der Waals surface area (Å²) >= 11 is 3.53. The minimum atomic E-state index is 0.283. The Balaban J connectivity index is 2.11. The molecule has 1 aromatic carbocycles. The van der Waals surface area contributed by atoms with Gasteiger partial charge in [-0.3, -0.25) is 4.90 Å². The van der Waals surface area contributed by atoms with E-state index in [1.165, 1.54) is 5.56 Å². The molecule has 0 amide bonds. The fourth-order valence-corrected chi connectivity index (χ4v) is 3.02. The summed E-state index contributed by atoms with van der Waals surface area (Å²) in [6, 6.07) is 9.29. The highest BCUT2D eigenvalue weighted by molar-refractivity contribution is 9.10. The Kier molecular flexibility index (Phi) is 5.18. The van der Waals surface area contributed by atoms with Crippen molar-refractivity contribution >= 4 is 15.9 Å². The van der Waals surface area contributed by atoms with Crippen molar-refractivity contribution in [3.8, 4) is 0 Å². The Morgan fingerprint density at radius 2 is 2.17 bits per heavy atom. The number of nitrogens with two attached hydrogens (primary N) is 1. The number of hydrogen-bond donors (Lipinski definition) is 1. The molecule has 0 spiro atoms. The molecule has 1 heterocycles. The van der Waals surface area contributed by atoms with Gasteiger partial charge in [-0.1, -0.05) is 28.1 Å². The van der Waals surface area contributed by atoms with Gasteiger partial charge in [0.05, 0.1) is 0 Å². The first-order valence-corrected chi connectivity index (χ1v) is 7.27. The summed E-state index contributed by atoms with van der Waals surface area (Å²) in [6.45, 7) is 2.37. The van der Waals surface area contributed by atoms with Crippen LogP contribution in [0.3, 0.4) is 0 Å². The van der Waals surface area contributed by atoms with E-state index in [-0.39, 0.29) is 6.04 Å². The van der Waals surface area contributed by atoms with E-state index < -0.39 is 0 Å². The summed E-state index contributed by atoms with van der Waals surface area (Å²) in [5.74, 6) is 0. The van der Waals surface area contributed by atoms with Crippen LogP contribution in [-0.4, -0.2) is 37.7 Å². The maximum atomic E-state index is 5.97. The van der Waals surface area contributed by atoms with Crippen LogP contribution in [0.5, 0.6) is 0 Å². The predicted octanol–water partition coefficient (Wildman–Crippen LogP) is 2.56. The highest BCUT2D eigenvalue weighted by Crippen LogP contribution is 2.26. The molecule has 0 radical (unpaired) electrons. The number of halogens is 1. The van der Waals surface area contributed by atoms with Gasteiger partial charge in [0.25, 0.3) is 0 Å². The van der Waals surface area contributed by atoms with Crippen molar-refractivity contribution in [2.45, 2.75) is 24.9 Å². The minimum Gasteiger partial charge on any atom is -0.381 e. The van der Waals surface area contributed by atoms with E-state index in [1.807, 2.05) is 6.07 Å². The van der Waals surface area contributed by atoms with E-state index in [0.717, 1.165) is 30.5 Å². The molecule has 1 aromatic rings. The van der Waals surface area contributed by atoms with Gasteiger partial charge in [-0.25, -0.2) is 0 Å². The van der Waals surface area contributed by atoms with Gasteiger partial charge >= 0.3 is 0 Å². The van der Waals surface area contributed by atoms with Crippen molar-refractivity contribution in [2.24, 2.45) is 5.73 Å². The second-order valence-corrected chi connectivity index (χ2v) is 5.73. The zero-order valence-electron chi connectivity index (χ0n) is 10.8. The van der Waals surface area contributed by atoms with Crippen LogP contribution in [0.25, 0.3) is 0 Å². The number of ether oxygens (including phenoxy) is 1. The van der Waals surface area contributed by atoms with Crippen molar-refractivity contribution in [3.63, 3.8) is 0 Å². The van der Waals surface area contributed by atoms with Gasteiger partial charge in [-0.2, -0.15) is 0 Å². The van der Waals surface area contributed by atoms with Crippen molar-refractivity contribution < 1.29 is 4.74 Å². The first-order chi connectivity index (χ1) is 8.72. The summed E-state index contributed by atoms with van der Waals surface area (Å²) < 4.78 is 6.53. The molecule has 0 bridgehead atoms. The van der Waals surface area contributed by atoms with Gasteiger partial charge in [-0.05, 0) is 37.6 Å². The van der Waals surface area contributed by atoms with Crippen LogP contribution in [0.4, 0.5) is 0 Å². The number of nitrogens with zero attached hydrogens (tertiary/aromatic N) is 1. The molecule has 0 aliphatic carbocycles. The van der Waals surface area contributed by atoms with Crippen molar-refractivity contribution in [1.29, 1.82) is 0 Å². The molecule has 3 nitrogen and oxygen atoms in total.